The molecule has 7 heteroatoms. The topological polar surface area (TPSA) is 87.7 Å². The minimum atomic E-state index is -0.596. The number of amides is 3. The number of hydrogen-bond donors (Lipinski definition) is 2. The van der Waals surface area contributed by atoms with E-state index in [1.54, 1.807) is 20.8 Å². The fraction of sp³-hybridized carbons (Fsp3) is 0.786. The van der Waals surface area contributed by atoms with Crippen LogP contribution < -0.4 is 10.9 Å². The van der Waals surface area contributed by atoms with Crippen molar-refractivity contribution in [2.45, 2.75) is 58.1 Å². The van der Waals surface area contributed by atoms with Crippen LogP contribution in [0.25, 0.3) is 0 Å². The summed E-state index contributed by atoms with van der Waals surface area (Å²) in [6.07, 6.45) is 2.57. The van der Waals surface area contributed by atoms with Gasteiger partial charge in [0.1, 0.15) is 11.6 Å². The molecule has 0 radical (unpaired) electrons. The Bertz CT molecular complexity index is 440. The molecule has 21 heavy (non-hydrogen) atoms. The summed E-state index contributed by atoms with van der Waals surface area (Å²) >= 11 is 0. The predicted molar refractivity (Wildman–Crippen MR) is 75.0 cm³/mol. The first-order valence-electron chi connectivity index (χ1n) is 7.37. The number of carbonyl (C=O) groups excluding carboxylic acids is 3. The van der Waals surface area contributed by atoms with Crippen LogP contribution in [0.1, 0.15) is 46.5 Å². The minimum absolute atomic E-state index is 0.0239. The number of carbonyl (C=O) groups is 3. The maximum absolute atomic E-state index is 12.1. The van der Waals surface area contributed by atoms with Gasteiger partial charge >= 0.3 is 6.09 Å². The maximum Gasteiger partial charge on any atom is 0.410 e. The molecule has 1 saturated heterocycles. The third-order valence-corrected chi connectivity index (χ3v) is 3.44. The average molecular weight is 297 g/mol. The highest BCUT2D eigenvalue weighted by atomic mass is 16.6. The Kier molecular flexibility index (Phi) is 4.39. The third-order valence-electron chi connectivity index (χ3n) is 3.44. The summed E-state index contributed by atoms with van der Waals surface area (Å²) < 4.78 is 5.30. The van der Waals surface area contributed by atoms with E-state index in [1.807, 2.05) is 0 Å². The molecule has 2 N–H and O–H groups in total. The predicted octanol–water partition coefficient (Wildman–Crippen LogP) is 0.943. The Morgan fingerprint density at radius 2 is 1.67 bits per heavy atom. The van der Waals surface area contributed by atoms with Gasteiger partial charge < -0.3 is 4.74 Å². The zero-order valence-electron chi connectivity index (χ0n) is 12.8. The Balaban J connectivity index is 1.86. The number of nitrogens with one attached hydrogen (secondary N) is 2. The van der Waals surface area contributed by atoms with Crippen LogP contribution >= 0.6 is 0 Å². The molecule has 1 aliphatic carbocycles. The van der Waals surface area contributed by atoms with Gasteiger partial charge in [-0.25, -0.2) is 4.79 Å². The van der Waals surface area contributed by atoms with Gasteiger partial charge in [-0.3, -0.25) is 25.3 Å². The maximum atomic E-state index is 12.1. The molecule has 0 aromatic carbocycles. The molecule has 1 saturated carbocycles. The molecule has 1 heterocycles. The molecule has 7 nitrogen and oxygen atoms in total. The van der Waals surface area contributed by atoms with Crippen LogP contribution in [0.4, 0.5) is 4.79 Å². The SMILES string of the molecule is CC(C)(C)OC(=O)N1CCC[C@@H]1C(=O)NNC(=O)C1CC1. The lowest BCUT2D eigenvalue weighted by atomic mass is 10.2. The first kappa shape index (κ1) is 15.6. The average Bonchev–Trinajstić information content (AvgIpc) is 3.10. The van der Waals surface area contributed by atoms with Crippen molar-refractivity contribution in [1.29, 1.82) is 0 Å². The highest BCUT2D eigenvalue weighted by Crippen LogP contribution is 2.28. The van der Waals surface area contributed by atoms with Crippen LogP contribution in [0.3, 0.4) is 0 Å². The summed E-state index contributed by atoms with van der Waals surface area (Å²) in [7, 11) is 0. The van der Waals surface area contributed by atoms with Crippen molar-refractivity contribution in [3.05, 3.63) is 0 Å². The molecule has 2 fully saturated rings. The van der Waals surface area contributed by atoms with Crippen molar-refractivity contribution in [3.8, 4) is 0 Å². The summed E-state index contributed by atoms with van der Waals surface area (Å²) in [6.45, 7) is 5.84. The highest BCUT2D eigenvalue weighted by Gasteiger charge is 2.37. The van der Waals surface area contributed by atoms with Crippen molar-refractivity contribution < 1.29 is 19.1 Å². The molecule has 0 unspecified atom stereocenters. The molecule has 1 aliphatic heterocycles. The van der Waals surface area contributed by atoms with Gasteiger partial charge in [-0.05, 0) is 46.5 Å². The van der Waals surface area contributed by atoms with E-state index in [0.29, 0.717) is 13.0 Å². The molecule has 0 aromatic heterocycles. The van der Waals surface area contributed by atoms with E-state index in [0.717, 1.165) is 19.3 Å². The Hall–Kier alpha value is -1.79. The van der Waals surface area contributed by atoms with E-state index in [4.69, 9.17) is 4.74 Å². The molecule has 1 atom stereocenters. The molecule has 0 spiro atoms. The van der Waals surface area contributed by atoms with Gasteiger partial charge in [0.15, 0.2) is 0 Å². The van der Waals surface area contributed by atoms with Crippen LogP contribution in [-0.2, 0) is 14.3 Å². The van der Waals surface area contributed by atoms with Gasteiger partial charge in [0.2, 0.25) is 5.91 Å². The van der Waals surface area contributed by atoms with E-state index < -0.39 is 17.7 Å². The lowest BCUT2D eigenvalue weighted by molar-refractivity contribution is -0.131. The van der Waals surface area contributed by atoms with Gasteiger partial charge in [-0.2, -0.15) is 0 Å². The largest absolute Gasteiger partial charge is 0.444 e. The molecule has 2 rings (SSSR count). The highest BCUT2D eigenvalue weighted by molar-refractivity contribution is 5.89. The zero-order valence-corrected chi connectivity index (χ0v) is 12.8. The fourth-order valence-electron chi connectivity index (χ4n) is 2.23. The second-order valence-corrected chi connectivity index (χ2v) is 6.58. The van der Waals surface area contributed by atoms with E-state index >= 15 is 0 Å². The van der Waals surface area contributed by atoms with Crippen LogP contribution in [-0.4, -0.2) is 41.0 Å². The van der Waals surface area contributed by atoms with E-state index in [1.165, 1.54) is 4.90 Å². The van der Waals surface area contributed by atoms with Crippen molar-refractivity contribution in [2.75, 3.05) is 6.54 Å². The number of ether oxygens (including phenoxy) is 1. The Morgan fingerprint density at radius 3 is 2.24 bits per heavy atom. The van der Waals surface area contributed by atoms with Crippen LogP contribution in [0.5, 0.6) is 0 Å². The molecule has 118 valence electrons. The van der Waals surface area contributed by atoms with E-state index in [-0.39, 0.29) is 17.7 Å². The summed E-state index contributed by atoms with van der Waals surface area (Å²) in [4.78, 5) is 37.1. The Labute approximate surface area is 124 Å². The van der Waals surface area contributed by atoms with Crippen LogP contribution in [0.15, 0.2) is 0 Å². The Morgan fingerprint density at radius 1 is 1.05 bits per heavy atom. The summed E-state index contributed by atoms with van der Waals surface area (Å²) in [5, 5.41) is 0. The van der Waals surface area contributed by atoms with Gasteiger partial charge in [0.05, 0.1) is 0 Å². The smallest absolute Gasteiger partial charge is 0.410 e. The molecular formula is C14H23N3O4. The molecular weight excluding hydrogens is 274 g/mol. The molecule has 3 amide bonds. The van der Waals surface area contributed by atoms with E-state index in [2.05, 4.69) is 10.9 Å². The second-order valence-electron chi connectivity index (χ2n) is 6.58. The second kappa shape index (κ2) is 5.91. The molecule has 0 bridgehead atoms. The minimum Gasteiger partial charge on any atom is -0.444 e. The lowest BCUT2D eigenvalue weighted by Crippen LogP contribution is -2.52. The number of hydrogen-bond acceptors (Lipinski definition) is 4. The van der Waals surface area contributed by atoms with Crippen molar-refractivity contribution in [2.24, 2.45) is 5.92 Å². The summed E-state index contributed by atoms with van der Waals surface area (Å²) in [5.41, 5.74) is 4.22. The van der Waals surface area contributed by atoms with Gasteiger partial charge in [0, 0.05) is 12.5 Å². The normalized spacial score (nSPS) is 21.9. The molecule has 0 aromatic rings. The number of nitrogens with zero attached hydrogens (tertiary/aromatic N) is 1. The number of hydrazine groups is 1. The van der Waals surface area contributed by atoms with E-state index in [9.17, 15) is 14.4 Å². The van der Waals surface area contributed by atoms with Gasteiger partial charge in [-0.15, -0.1) is 0 Å². The van der Waals surface area contributed by atoms with Crippen LogP contribution in [0, 0.1) is 5.92 Å². The molecule has 2 aliphatic rings. The first-order chi connectivity index (χ1) is 9.78. The van der Waals surface area contributed by atoms with Crippen molar-refractivity contribution in [1.82, 2.24) is 15.8 Å². The quantitative estimate of drug-likeness (QED) is 0.743. The monoisotopic (exact) mass is 297 g/mol. The van der Waals surface area contributed by atoms with Crippen LogP contribution in [0.2, 0.25) is 0 Å². The lowest BCUT2D eigenvalue weighted by Gasteiger charge is -2.28. The fourth-order valence-corrected chi connectivity index (χ4v) is 2.23. The number of rotatable bonds is 2. The first-order valence-corrected chi connectivity index (χ1v) is 7.37. The third kappa shape index (κ3) is 4.34. The summed E-state index contributed by atoms with van der Waals surface area (Å²) in [5.74, 6) is -0.506. The van der Waals surface area contributed by atoms with Gasteiger partial charge in [0.25, 0.3) is 5.91 Å². The van der Waals surface area contributed by atoms with Crippen molar-refractivity contribution >= 4 is 17.9 Å². The standard InChI is InChI=1S/C14H23N3O4/c1-14(2,3)21-13(20)17-8-4-5-10(17)12(19)16-15-11(18)9-6-7-9/h9-10H,4-8H2,1-3H3,(H,15,18)(H,16,19)/t10-/m1/s1. The summed E-state index contributed by atoms with van der Waals surface area (Å²) in [6, 6.07) is -0.584. The zero-order chi connectivity index (χ0) is 15.6. The van der Waals surface area contributed by atoms with Gasteiger partial charge in [-0.1, -0.05) is 0 Å². The number of likely N-dealkylation sites (tertiary alicyclic amines) is 1. The van der Waals surface area contributed by atoms with Crippen molar-refractivity contribution in [3.63, 3.8) is 0 Å².